The lowest BCUT2D eigenvalue weighted by atomic mass is 10.1. The summed E-state index contributed by atoms with van der Waals surface area (Å²) in [6.07, 6.45) is 2.73. The van der Waals surface area contributed by atoms with Crippen LogP contribution in [0.1, 0.15) is 36.8 Å². The fraction of sp³-hybridized carbons (Fsp3) is 0.500. The molecule has 0 N–H and O–H groups in total. The molecule has 1 saturated heterocycles. The average molecular weight is 407 g/mol. The lowest BCUT2D eigenvalue weighted by Gasteiger charge is -2.28. The Morgan fingerprint density at radius 3 is 2.59 bits per heavy atom. The summed E-state index contributed by atoms with van der Waals surface area (Å²) in [5.41, 5.74) is 2.94. The van der Waals surface area contributed by atoms with Crippen molar-refractivity contribution < 1.29 is 13.2 Å². The molecule has 1 aliphatic heterocycles. The van der Waals surface area contributed by atoms with Gasteiger partial charge in [-0.25, -0.2) is 13.4 Å². The molecule has 0 spiro atoms. The van der Waals surface area contributed by atoms with Crippen LogP contribution in [0.4, 0.5) is 0 Å². The SMILES string of the molecule is CCCCN(C(=O)Cc1ccc(-c2csc(C)n2)cc1)C1CCS(=O)(=O)C1. The molecule has 2 heterocycles. The van der Waals surface area contributed by atoms with Gasteiger partial charge in [0, 0.05) is 23.5 Å². The number of carbonyl (C=O) groups is 1. The van der Waals surface area contributed by atoms with Crippen LogP contribution in [0.25, 0.3) is 11.3 Å². The van der Waals surface area contributed by atoms with Gasteiger partial charge >= 0.3 is 0 Å². The van der Waals surface area contributed by atoms with Crippen molar-refractivity contribution in [3.63, 3.8) is 0 Å². The second-order valence-corrected chi connectivity index (χ2v) is 10.4. The van der Waals surface area contributed by atoms with Crippen molar-refractivity contribution in [3.8, 4) is 11.3 Å². The number of aryl methyl sites for hydroxylation is 1. The Labute approximate surface area is 165 Å². The normalized spacial score (nSPS) is 18.5. The van der Waals surface area contributed by atoms with Gasteiger partial charge in [0.25, 0.3) is 0 Å². The van der Waals surface area contributed by atoms with Crippen molar-refractivity contribution >= 4 is 27.1 Å². The van der Waals surface area contributed by atoms with E-state index in [0.717, 1.165) is 34.7 Å². The number of nitrogens with zero attached hydrogens (tertiary/aromatic N) is 2. The van der Waals surface area contributed by atoms with Gasteiger partial charge < -0.3 is 4.90 Å². The minimum atomic E-state index is -3.01. The van der Waals surface area contributed by atoms with Crippen molar-refractivity contribution in [2.45, 2.75) is 45.6 Å². The summed E-state index contributed by atoms with van der Waals surface area (Å²) in [6, 6.07) is 7.74. The number of benzene rings is 1. The first-order valence-corrected chi connectivity index (χ1v) is 12.1. The minimum Gasteiger partial charge on any atom is -0.338 e. The van der Waals surface area contributed by atoms with E-state index >= 15 is 0 Å². The number of carbonyl (C=O) groups excluding carboxylic acids is 1. The van der Waals surface area contributed by atoms with Crippen molar-refractivity contribution in [2.24, 2.45) is 0 Å². The highest BCUT2D eigenvalue weighted by Gasteiger charge is 2.34. The highest BCUT2D eigenvalue weighted by molar-refractivity contribution is 7.91. The smallest absolute Gasteiger partial charge is 0.227 e. The maximum atomic E-state index is 12.9. The van der Waals surface area contributed by atoms with E-state index in [-0.39, 0.29) is 23.5 Å². The number of sulfone groups is 1. The largest absolute Gasteiger partial charge is 0.338 e. The van der Waals surface area contributed by atoms with Gasteiger partial charge in [-0.05, 0) is 25.3 Å². The maximum absolute atomic E-state index is 12.9. The van der Waals surface area contributed by atoms with Crippen LogP contribution in [0, 0.1) is 6.92 Å². The van der Waals surface area contributed by atoms with Crippen LogP contribution in [0.15, 0.2) is 29.6 Å². The van der Waals surface area contributed by atoms with Gasteiger partial charge in [-0.2, -0.15) is 0 Å². The Bertz CT molecular complexity index is 888. The number of rotatable bonds is 7. The summed E-state index contributed by atoms with van der Waals surface area (Å²) < 4.78 is 23.7. The molecule has 1 aromatic carbocycles. The zero-order chi connectivity index (χ0) is 19.4. The second kappa shape index (κ2) is 8.52. The first-order chi connectivity index (χ1) is 12.9. The lowest BCUT2D eigenvalue weighted by Crippen LogP contribution is -2.42. The molecule has 0 saturated carbocycles. The zero-order valence-corrected chi connectivity index (χ0v) is 17.5. The monoisotopic (exact) mass is 406 g/mol. The fourth-order valence-corrected chi connectivity index (χ4v) is 5.78. The summed E-state index contributed by atoms with van der Waals surface area (Å²) in [7, 11) is -3.01. The zero-order valence-electron chi connectivity index (χ0n) is 15.8. The third-order valence-electron chi connectivity index (χ3n) is 4.95. The molecule has 3 rings (SSSR count). The Kier molecular flexibility index (Phi) is 6.32. The molecule has 1 aliphatic rings. The molecule has 146 valence electrons. The first kappa shape index (κ1) is 20.0. The summed E-state index contributed by atoms with van der Waals surface area (Å²) in [5, 5.41) is 3.06. The predicted octanol–water partition coefficient (Wildman–Crippen LogP) is 3.48. The van der Waals surface area contributed by atoms with Crippen molar-refractivity contribution in [2.75, 3.05) is 18.1 Å². The topological polar surface area (TPSA) is 67.3 Å². The highest BCUT2D eigenvalue weighted by atomic mass is 32.2. The summed E-state index contributed by atoms with van der Waals surface area (Å²) in [6.45, 7) is 4.69. The number of hydrogen-bond donors (Lipinski definition) is 0. The molecule has 7 heteroatoms. The van der Waals surface area contributed by atoms with Crippen molar-refractivity contribution in [1.82, 2.24) is 9.88 Å². The van der Waals surface area contributed by atoms with E-state index in [4.69, 9.17) is 0 Å². The van der Waals surface area contributed by atoms with Gasteiger partial charge in [0.05, 0.1) is 28.6 Å². The molecule has 1 atom stereocenters. The van der Waals surface area contributed by atoms with E-state index in [1.165, 1.54) is 0 Å². The van der Waals surface area contributed by atoms with Gasteiger partial charge in [0.15, 0.2) is 9.84 Å². The number of aromatic nitrogens is 1. The molecule has 0 aliphatic carbocycles. The Morgan fingerprint density at radius 2 is 2.04 bits per heavy atom. The van der Waals surface area contributed by atoms with Gasteiger partial charge in [-0.15, -0.1) is 11.3 Å². The van der Waals surface area contributed by atoms with E-state index in [9.17, 15) is 13.2 Å². The Morgan fingerprint density at radius 1 is 1.30 bits per heavy atom. The average Bonchev–Trinajstić information content (AvgIpc) is 3.21. The number of unbranched alkanes of at least 4 members (excludes halogenated alkanes) is 1. The molecule has 2 aromatic rings. The highest BCUT2D eigenvalue weighted by Crippen LogP contribution is 2.23. The third kappa shape index (κ3) is 5.17. The predicted molar refractivity (Wildman–Crippen MR) is 110 cm³/mol. The lowest BCUT2D eigenvalue weighted by molar-refractivity contribution is -0.132. The molecule has 27 heavy (non-hydrogen) atoms. The van der Waals surface area contributed by atoms with Crippen LogP contribution in [0.3, 0.4) is 0 Å². The van der Waals surface area contributed by atoms with E-state index in [1.807, 2.05) is 36.6 Å². The molecule has 1 fully saturated rings. The Hall–Kier alpha value is -1.73. The number of thiazole rings is 1. The Balaban J connectivity index is 1.69. The molecule has 5 nitrogen and oxygen atoms in total. The second-order valence-electron chi connectivity index (χ2n) is 7.12. The quantitative estimate of drug-likeness (QED) is 0.706. The van der Waals surface area contributed by atoms with Crippen LogP contribution in [0.5, 0.6) is 0 Å². The van der Waals surface area contributed by atoms with Crippen LogP contribution in [-0.2, 0) is 21.1 Å². The number of amides is 1. The molecular formula is C20H26N2O3S2. The van der Waals surface area contributed by atoms with Crippen LogP contribution in [-0.4, -0.2) is 48.3 Å². The molecule has 1 unspecified atom stereocenters. The van der Waals surface area contributed by atoms with Gasteiger partial charge in [0.2, 0.25) is 5.91 Å². The van der Waals surface area contributed by atoms with Gasteiger partial charge in [-0.1, -0.05) is 37.6 Å². The molecular weight excluding hydrogens is 380 g/mol. The number of hydrogen-bond acceptors (Lipinski definition) is 5. The fourth-order valence-electron chi connectivity index (χ4n) is 3.43. The van der Waals surface area contributed by atoms with E-state index in [2.05, 4.69) is 11.9 Å². The first-order valence-electron chi connectivity index (χ1n) is 9.39. The molecule has 0 bridgehead atoms. The summed E-state index contributed by atoms with van der Waals surface area (Å²) >= 11 is 1.62. The standard InChI is InChI=1S/C20H26N2O3S2/c1-3-4-10-22(18-9-11-27(24,25)14-18)20(23)12-16-5-7-17(8-6-16)19-13-26-15(2)21-19/h5-8,13,18H,3-4,9-12,14H2,1-2H3. The van der Waals surface area contributed by atoms with Crippen molar-refractivity contribution in [1.29, 1.82) is 0 Å². The summed E-state index contributed by atoms with van der Waals surface area (Å²) in [4.78, 5) is 19.2. The molecule has 1 aromatic heterocycles. The summed E-state index contributed by atoms with van der Waals surface area (Å²) in [5.74, 6) is 0.308. The maximum Gasteiger partial charge on any atom is 0.227 e. The van der Waals surface area contributed by atoms with E-state index < -0.39 is 9.84 Å². The van der Waals surface area contributed by atoms with Gasteiger partial charge in [0.1, 0.15) is 0 Å². The van der Waals surface area contributed by atoms with Crippen LogP contribution < -0.4 is 0 Å². The third-order valence-corrected chi connectivity index (χ3v) is 7.47. The minimum absolute atomic E-state index is 0.0165. The molecule has 1 amide bonds. The van der Waals surface area contributed by atoms with Crippen LogP contribution in [0.2, 0.25) is 0 Å². The molecule has 0 radical (unpaired) electrons. The van der Waals surface area contributed by atoms with Gasteiger partial charge in [-0.3, -0.25) is 4.79 Å². The van der Waals surface area contributed by atoms with E-state index in [0.29, 0.717) is 19.4 Å². The van der Waals surface area contributed by atoms with Crippen molar-refractivity contribution in [3.05, 3.63) is 40.2 Å². The van der Waals surface area contributed by atoms with Crippen LogP contribution >= 0.6 is 11.3 Å². The van der Waals surface area contributed by atoms with E-state index in [1.54, 1.807) is 16.2 Å².